The Kier molecular flexibility index (Phi) is 6.64. The van der Waals surface area contributed by atoms with Gasteiger partial charge in [0.2, 0.25) is 0 Å². The number of rotatable bonds is 5. The van der Waals surface area contributed by atoms with Crippen LogP contribution in [0, 0.1) is 5.92 Å². The molecule has 3 atom stereocenters. The molecule has 1 fully saturated rings. The van der Waals surface area contributed by atoms with Crippen LogP contribution in [-0.2, 0) is 20.9 Å². The Bertz CT molecular complexity index is 610. The van der Waals surface area contributed by atoms with E-state index in [0.717, 1.165) is 5.56 Å². The van der Waals surface area contributed by atoms with Crippen molar-refractivity contribution < 1.29 is 24.2 Å². The van der Waals surface area contributed by atoms with E-state index in [-0.39, 0.29) is 25.2 Å². The van der Waals surface area contributed by atoms with Crippen molar-refractivity contribution in [3.63, 3.8) is 0 Å². The van der Waals surface area contributed by atoms with Gasteiger partial charge in [-0.2, -0.15) is 0 Å². The molecule has 2 rings (SSSR count). The summed E-state index contributed by atoms with van der Waals surface area (Å²) in [4.78, 5) is 26.8. The summed E-state index contributed by atoms with van der Waals surface area (Å²) in [5.41, 5.74) is 0.221. The Labute approximate surface area is 155 Å². The third kappa shape index (κ3) is 4.97. The Hall–Kier alpha value is -2.08. The van der Waals surface area contributed by atoms with Crippen LogP contribution in [0.4, 0.5) is 4.79 Å². The van der Waals surface area contributed by atoms with Crippen molar-refractivity contribution in [3.8, 4) is 0 Å². The first-order valence-electron chi connectivity index (χ1n) is 9.09. The fraction of sp³-hybridized carbons (Fsp3) is 0.600. The number of carbonyl (C=O) groups excluding carboxylic acids is 2. The first-order valence-corrected chi connectivity index (χ1v) is 9.09. The molecule has 144 valence electrons. The second-order valence-corrected chi connectivity index (χ2v) is 7.65. The number of hydrogen-bond acceptors (Lipinski definition) is 5. The predicted octanol–water partition coefficient (Wildman–Crippen LogP) is 3.13. The maximum Gasteiger partial charge on any atom is 0.411 e. The van der Waals surface area contributed by atoms with Crippen LogP contribution in [0.15, 0.2) is 30.3 Å². The van der Waals surface area contributed by atoms with E-state index in [4.69, 9.17) is 9.47 Å². The fourth-order valence-corrected chi connectivity index (χ4v) is 3.35. The Morgan fingerprint density at radius 3 is 2.42 bits per heavy atom. The molecule has 26 heavy (non-hydrogen) atoms. The number of carbonyl (C=O) groups is 2. The van der Waals surface area contributed by atoms with Gasteiger partial charge in [-0.1, -0.05) is 37.3 Å². The summed E-state index contributed by atoms with van der Waals surface area (Å²) >= 11 is 0. The molecule has 1 N–H and O–H groups in total. The van der Waals surface area contributed by atoms with Gasteiger partial charge in [-0.05, 0) is 39.2 Å². The predicted molar refractivity (Wildman–Crippen MR) is 97.4 cm³/mol. The zero-order valence-corrected chi connectivity index (χ0v) is 16.0. The molecule has 0 radical (unpaired) electrons. The molecule has 0 spiro atoms. The van der Waals surface area contributed by atoms with Gasteiger partial charge in [-0.25, -0.2) is 9.59 Å². The third-order valence-corrected chi connectivity index (χ3v) is 4.52. The van der Waals surface area contributed by atoms with Gasteiger partial charge in [0.15, 0.2) is 0 Å². The number of esters is 1. The molecule has 6 heteroatoms. The highest BCUT2D eigenvalue weighted by Gasteiger charge is 2.48. The molecular weight excluding hydrogens is 334 g/mol. The van der Waals surface area contributed by atoms with Crippen LogP contribution < -0.4 is 0 Å². The standard InChI is InChI=1S/C20H29NO5/c1-5-16-15(12-22)11-17(21(16)19(24)26-20(2,3)4)18(23)25-13-14-9-7-6-8-10-14/h6-10,15-17,22H,5,11-13H2,1-4H3/t15-,16-,17+/m1/s1. The lowest BCUT2D eigenvalue weighted by Crippen LogP contribution is -2.48. The van der Waals surface area contributed by atoms with Gasteiger partial charge in [0.1, 0.15) is 18.2 Å². The van der Waals surface area contributed by atoms with Crippen molar-refractivity contribution in [3.05, 3.63) is 35.9 Å². The highest BCUT2D eigenvalue weighted by Crippen LogP contribution is 2.34. The Morgan fingerprint density at radius 1 is 1.23 bits per heavy atom. The molecule has 1 aliphatic heterocycles. The van der Waals surface area contributed by atoms with E-state index in [0.29, 0.717) is 12.8 Å². The zero-order valence-electron chi connectivity index (χ0n) is 16.0. The molecule has 1 aromatic carbocycles. The number of aliphatic hydroxyl groups is 1. The van der Waals surface area contributed by atoms with Crippen molar-refractivity contribution >= 4 is 12.1 Å². The molecule has 1 saturated heterocycles. The maximum atomic E-state index is 12.7. The summed E-state index contributed by atoms with van der Waals surface area (Å²) < 4.78 is 10.9. The Balaban J connectivity index is 2.14. The van der Waals surface area contributed by atoms with Gasteiger partial charge >= 0.3 is 12.1 Å². The maximum absolute atomic E-state index is 12.7. The number of amides is 1. The molecule has 0 saturated carbocycles. The van der Waals surface area contributed by atoms with Gasteiger partial charge in [0.25, 0.3) is 0 Å². The van der Waals surface area contributed by atoms with Crippen molar-refractivity contribution in [1.29, 1.82) is 0 Å². The van der Waals surface area contributed by atoms with Crippen LogP contribution in [0.3, 0.4) is 0 Å². The normalized spacial score (nSPS) is 23.0. The lowest BCUT2D eigenvalue weighted by Gasteiger charge is -2.32. The van der Waals surface area contributed by atoms with Crippen LogP contribution in [0.25, 0.3) is 0 Å². The Morgan fingerprint density at radius 2 is 1.88 bits per heavy atom. The van der Waals surface area contributed by atoms with Crippen LogP contribution in [0.2, 0.25) is 0 Å². The topological polar surface area (TPSA) is 76.1 Å². The van der Waals surface area contributed by atoms with Gasteiger partial charge in [0, 0.05) is 18.6 Å². The van der Waals surface area contributed by atoms with E-state index in [1.54, 1.807) is 20.8 Å². The average Bonchev–Trinajstić information content (AvgIpc) is 2.98. The first kappa shape index (κ1) is 20.2. The highest BCUT2D eigenvalue weighted by atomic mass is 16.6. The van der Waals surface area contributed by atoms with E-state index in [2.05, 4.69) is 0 Å². The third-order valence-electron chi connectivity index (χ3n) is 4.52. The molecule has 0 bridgehead atoms. The van der Waals surface area contributed by atoms with Crippen molar-refractivity contribution in [2.45, 2.75) is 64.8 Å². The SMILES string of the molecule is CC[C@@H]1[C@@H](CO)C[C@@H](C(=O)OCc2ccccc2)N1C(=O)OC(C)(C)C. The molecule has 6 nitrogen and oxygen atoms in total. The van der Waals surface area contributed by atoms with E-state index in [9.17, 15) is 14.7 Å². The minimum atomic E-state index is -0.740. The molecule has 1 aromatic rings. The monoisotopic (exact) mass is 363 g/mol. The minimum Gasteiger partial charge on any atom is -0.459 e. The van der Waals surface area contributed by atoms with Gasteiger partial charge in [-0.15, -0.1) is 0 Å². The van der Waals surface area contributed by atoms with Crippen LogP contribution in [-0.4, -0.2) is 46.4 Å². The second-order valence-electron chi connectivity index (χ2n) is 7.65. The first-order chi connectivity index (χ1) is 12.3. The lowest BCUT2D eigenvalue weighted by molar-refractivity contribution is -0.150. The molecular formula is C20H29NO5. The fourth-order valence-electron chi connectivity index (χ4n) is 3.35. The molecule has 1 aliphatic rings. The van der Waals surface area contributed by atoms with E-state index in [1.165, 1.54) is 4.90 Å². The minimum absolute atomic E-state index is 0.0831. The van der Waals surface area contributed by atoms with Gasteiger partial charge in [0.05, 0.1) is 0 Å². The largest absolute Gasteiger partial charge is 0.459 e. The average molecular weight is 363 g/mol. The number of likely N-dealkylation sites (tertiary alicyclic amines) is 1. The quantitative estimate of drug-likeness (QED) is 0.814. The number of benzene rings is 1. The van der Waals surface area contributed by atoms with E-state index in [1.807, 2.05) is 37.3 Å². The van der Waals surface area contributed by atoms with Gasteiger partial charge < -0.3 is 14.6 Å². The number of ether oxygens (including phenoxy) is 2. The summed E-state index contributed by atoms with van der Waals surface area (Å²) in [5.74, 6) is -0.629. The molecule has 0 aliphatic carbocycles. The van der Waals surface area contributed by atoms with Crippen LogP contribution >= 0.6 is 0 Å². The van der Waals surface area contributed by atoms with E-state index >= 15 is 0 Å². The van der Waals surface area contributed by atoms with Crippen molar-refractivity contribution in [2.24, 2.45) is 5.92 Å². The summed E-state index contributed by atoms with van der Waals surface area (Å²) in [6.45, 7) is 7.36. The summed E-state index contributed by atoms with van der Waals surface area (Å²) in [6.07, 6.45) is 0.469. The molecule has 0 unspecified atom stereocenters. The summed E-state index contributed by atoms with van der Waals surface area (Å²) in [6, 6.07) is 8.41. The number of nitrogens with zero attached hydrogens (tertiary/aromatic N) is 1. The highest BCUT2D eigenvalue weighted by molar-refractivity contribution is 5.82. The van der Waals surface area contributed by atoms with Crippen LogP contribution in [0.5, 0.6) is 0 Å². The second kappa shape index (κ2) is 8.54. The van der Waals surface area contributed by atoms with Gasteiger partial charge in [-0.3, -0.25) is 4.90 Å². The number of aliphatic hydroxyl groups excluding tert-OH is 1. The molecule has 1 heterocycles. The smallest absolute Gasteiger partial charge is 0.411 e. The van der Waals surface area contributed by atoms with Crippen molar-refractivity contribution in [2.75, 3.05) is 6.61 Å². The lowest BCUT2D eigenvalue weighted by atomic mass is 9.98. The van der Waals surface area contributed by atoms with E-state index < -0.39 is 23.7 Å². The van der Waals surface area contributed by atoms with Crippen molar-refractivity contribution in [1.82, 2.24) is 4.90 Å². The molecule has 0 aromatic heterocycles. The van der Waals surface area contributed by atoms with Crippen LogP contribution in [0.1, 0.15) is 46.1 Å². The number of hydrogen-bond donors (Lipinski definition) is 1. The zero-order chi connectivity index (χ0) is 19.3. The summed E-state index contributed by atoms with van der Waals surface area (Å²) in [7, 11) is 0. The molecule has 1 amide bonds. The summed E-state index contributed by atoms with van der Waals surface area (Å²) in [5, 5.41) is 9.68.